The Hall–Kier alpha value is -2.18. The standard InChI is InChI=1S/C15H17ClN4O2/c1-15(22,12-8-19-20(2)9-12)10-18-14(21)6-4-11-3-5-13(16)17-7-11/h3-9,22H,10H2,1-2H3,(H,18,21)/b6-4+. The van der Waals surface area contributed by atoms with E-state index in [1.807, 2.05) is 0 Å². The molecule has 7 heteroatoms. The van der Waals surface area contributed by atoms with Gasteiger partial charge in [-0.2, -0.15) is 5.10 Å². The van der Waals surface area contributed by atoms with Gasteiger partial charge in [0, 0.05) is 31.1 Å². The number of amides is 1. The topological polar surface area (TPSA) is 80.0 Å². The SMILES string of the molecule is Cn1cc(C(C)(O)CNC(=O)/C=C/c2ccc(Cl)nc2)cn1. The highest BCUT2D eigenvalue weighted by Gasteiger charge is 2.24. The molecular formula is C15H17ClN4O2. The molecule has 0 aliphatic carbocycles. The second kappa shape index (κ2) is 6.72. The van der Waals surface area contributed by atoms with Gasteiger partial charge in [-0.15, -0.1) is 0 Å². The molecule has 22 heavy (non-hydrogen) atoms. The number of pyridine rings is 1. The number of nitrogens with zero attached hydrogens (tertiary/aromatic N) is 3. The first-order valence-electron chi connectivity index (χ1n) is 6.66. The van der Waals surface area contributed by atoms with Crippen molar-refractivity contribution in [1.82, 2.24) is 20.1 Å². The third-order valence-electron chi connectivity index (χ3n) is 3.11. The van der Waals surface area contributed by atoms with Crippen LogP contribution in [-0.4, -0.2) is 32.3 Å². The van der Waals surface area contributed by atoms with Crippen molar-refractivity contribution in [2.75, 3.05) is 6.54 Å². The number of aliphatic hydroxyl groups is 1. The van der Waals surface area contributed by atoms with Crippen molar-refractivity contribution >= 4 is 23.6 Å². The number of rotatable bonds is 5. The predicted molar refractivity (Wildman–Crippen MR) is 84.1 cm³/mol. The zero-order valence-corrected chi connectivity index (χ0v) is 13.1. The van der Waals surface area contributed by atoms with E-state index in [-0.39, 0.29) is 12.5 Å². The number of hydrogen-bond acceptors (Lipinski definition) is 4. The molecule has 1 atom stereocenters. The largest absolute Gasteiger partial charge is 0.383 e. The van der Waals surface area contributed by atoms with Crippen LogP contribution in [0.2, 0.25) is 5.15 Å². The van der Waals surface area contributed by atoms with Crippen LogP contribution in [0.1, 0.15) is 18.1 Å². The third-order valence-corrected chi connectivity index (χ3v) is 3.33. The van der Waals surface area contributed by atoms with E-state index in [1.54, 1.807) is 55.5 Å². The molecule has 2 heterocycles. The number of halogens is 1. The van der Waals surface area contributed by atoms with Gasteiger partial charge in [0.1, 0.15) is 10.8 Å². The van der Waals surface area contributed by atoms with Crippen molar-refractivity contribution in [3.63, 3.8) is 0 Å². The number of hydrogen-bond donors (Lipinski definition) is 2. The quantitative estimate of drug-likeness (QED) is 0.646. The van der Waals surface area contributed by atoms with Crippen LogP contribution in [0.25, 0.3) is 6.08 Å². The van der Waals surface area contributed by atoms with E-state index >= 15 is 0 Å². The molecule has 2 aromatic rings. The summed E-state index contributed by atoms with van der Waals surface area (Å²) >= 11 is 5.69. The average Bonchev–Trinajstić information content (AvgIpc) is 2.92. The fourth-order valence-electron chi connectivity index (χ4n) is 1.78. The van der Waals surface area contributed by atoms with Crippen molar-refractivity contribution in [1.29, 1.82) is 0 Å². The lowest BCUT2D eigenvalue weighted by Crippen LogP contribution is -2.37. The van der Waals surface area contributed by atoms with E-state index in [9.17, 15) is 9.90 Å². The zero-order chi connectivity index (χ0) is 16.2. The Labute approximate surface area is 133 Å². The molecule has 0 aliphatic heterocycles. The van der Waals surface area contributed by atoms with E-state index in [2.05, 4.69) is 15.4 Å². The number of nitrogens with one attached hydrogen (secondary N) is 1. The fourth-order valence-corrected chi connectivity index (χ4v) is 1.89. The molecule has 2 rings (SSSR count). The third kappa shape index (κ3) is 4.41. The molecule has 0 bridgehead atoms. The highest BCUT2D eigenvalue weighted by molar-refractivity contribution is 6.29. The Morgan fingerprint density at radius 1 is 1.50 bits per heavy atom. The van der Waals surface area contributed by atoms with Crippen LogP contribution >= 0.6 is 11.6 Å². The zero-order valence-electron chi connectivity index (χ0n) is 12.3. The van der Waals surface area contributed by atoms with Gasteiger partial charge in [0.15, 0.2) is 0 Å². The molecule has 1 unspecified atom stereocenters. The lowest BCUT2D eigenvalue weighted by atomic mass is 10.00. The Balaban J connectivity index is 1.91. The molecule has 0 aliphatic rings. The normalized spacial score (nSPS) is 14.0. The first kappa shape index (κ1) is 16.2. The van der Waals surface area contributed by atoms with Gasteiger partial charge in [0.05, 0.1) is 12.7 Å². The maximum atomic E-state index is 11.8. The van der Waals surface area contributed by atoms with Gasteiger partial charge in [-0.3, -0.25) is 9.48 Å². The van der Waals surface area contributed by atoms with Gasteiger partial charge in [-0.25, -0.2) is 4.98 Å². The van der Waals surface area contributed by atoms with Crippen LogP contribution in [0.15, 0.2) is 36.8 Å². The van der Waals surface area contributed by atoms with E-state index in [0.717, 1.165) is 5.56 Å². The van der Waals surface area contributed by atoms with Crippen molar-refractivity contribution in [3.8, 4) is 0 Å². The summed E-state index contributed by atoms with van der Waals surface area (Å²) in [6.07, 6.45) is 7.85. The predicted octanol–water partition coefficient (Wildman–Crippen LogP) is 1.51. The molecule has 6 nitrogen and oxygen atoms in total. The van der Waals surface area contributed by atoms with Crippen LogP contribution in [0, 0.1) is 0 Å². The fraction of sp³-hybridized carbons (Fsp3) is 0.267. The smallest absolute Gasteiger partial charge is 0.244 e. The van der Waals surface area contributed by atoms with Crippen molar-refractivity contribution in [2.24, 2.45) is 7.05 Å². The number of carbonyl (C=O) groups excluding carboxylic acids is 1. The summed E-state index contributed by atoms with van der Waals surface area (Å²) in [5, 5.41) is 17.4. The number of aromatic nitrogens is 3. The molecule has 0 aromatic carbocycles. The van der Waals surface area contributed by atoms with Crippen LogP contribution in [0.3, 0.4) is 0 Å². The highest BCUT2D eigenvalue weighted by atomic mass is 35.5. The van der Waals surface area contributed by atoms with E-state index in [4.69, 9.17) is 11.6 Å². The summed E-state index contributed by atoms with van der Waals surface area (Å²) in [7, 11) is 1.76. The summed E-state index contributed by atoms with van der Waals surface area (Å²) in [5.41, 5.74) is 0.222. The minimum absolute atomic E-state index is 0.0841. The van der Waals surface area contributed by atoms with Crippen LogP contribution in [0.5, 0.6) is 0 Å². The van der Waals surface area contributed by atoms with E-state index in [0.29, 0.717) is 10.7 Å². The van der Waals surface area contributed by atoms with Crippen molar-refractivity contribution < 1.29 is 9.90 Å². The molecule has 2 aromatic heterocycles. The summed E-state index contributed by atoms with van der Waals surface area (Å²) in [6.45, 7) is 1.71. The van der Waals surface area contributed by atoms with Gasteiger partial charge >= 0.3 is 0 Å². The van der Waals surface area contributed by atoms with Gasteiger partial charge in [0.25, 0.3) is 0 Å². The molecule has 1 amide bonds. The van der Waals surface area contributed by atoms with Gasteiger partial charge in [-0.1, -0.05) is 17.7 Å². The summed E-state index contributed by atoms with van der Waals surface area (Å²) in [5.74, 6) is -0.306. The lowest BCUT2D eigenvalue weighted by molar-refractivity contribution is -0.117. The summed E-state index contributed by atoms with van der Waals surface area (Å²) in [4.78, 5) is 15.7. The minimum Gasteiger partial charge on any atom is -0.383 e. The molecule has 0 radical (unpaired) electrons. The highest BCUT2D eigenvalue weighted by Crippen LogP contribution is 2.18. The monoisotopic (exact) mass is 320 g/mol. The average molecular weight is 321 g/mol. The minimum atomic E-state index is -1.18. The molecule has 0 saturated carbocycles. The first-order chi connectivity index (χ1) is 10.4. The maximum Gasteiger partial charge on any atom is 0.244 e. The second-order valence-electron chi connectivity index (χ2n) is 5.14. The molecule has 0 spiro atoms. The van der Waals surface area contributed by atoms with Crippen LogP contribution < -0.4 is 5.32 Å². The second-order valence-corrected chi connectivity index (χ2v) is 5.53. The maximum absolute atomic E-state index is 11.8. The number of carbonyl (C=O) groups is 1. The van der Waals surface area contributed by atoms with Crippen molar-refractivity contribution in [2.45, 2.75) is 12.5 Å². The molecular weight excluding hydrogens is 304 g/mol. The number of aryl methyl sites for hydroxylation is 1. The lowest BCUT2D eigenvalue weighted by Gasteiger charge is -2.21. The Morgan fingerprint density at radius 3 is 2.86 bits per heavy atom. The first-order valence-corrected chi connectivity index (χ1v) is 7.03. The van der Waals surface area contributed by atoms with E-state index in [1.165, 1.54) is 6.08 Å². The van der Waals surface area contributed by atoms with Crippen LogP contribution in [-0.2, 0) is 17.4 Å². The van der Waals surface area contributed by atoms with Gasteiger partial charge in [-0.05, 0) is 24.6 Å². The summed E-state index contributed by atoms with van der Waals surface area (Å²) in [6, 6.07) is 3.40. The van der Waals surface area contributed by atoms with Crippen molar-refractivity contribution in [3.05, 3.63) is 53.1 Å². The van der Waals surface area contributed by atoms with Gasteiger partial charge in [0.2, 0.25) is 5.91 Å². The van der Waals surface area contributed by atoms with Crippen LogP contribution in [0.4, 0.5) is 0 Å². The molecule has 0 fully saturated rings. The van der Waals surface area contributed by atoms with Gasteiger partial charge < -0.3 is 10.4 Å². The Kier molecular flexibility index (Phi) is 4.95. The Morgan fingerprint density at radius 2 is 2.27 bits per heavy atom. The summed E-state index contributed by atoms with van der Waals surface area (Å²) < 4.78 is 1.60. The molecule has 2 N–H and O–H groups in total. The molecule has 116 valence electrons. The van der Waals surface area contributed by atoms with E-state index < -0.39 is 5.60 Å². The Bertz CT molecular complexity index is 677. The molecule has 0 saturated heterocycles.